The van der Waals surface area contributed by atoms with E-state index in [2.05, 4.69) is 33.2 Å². The fourth-order valence-corrected chi connectivity index (χ4v) is 3.26. The molecule has 1 aromatic carbocycles. The number of carbonyl (C=O) groups excluding carboxylic acids is 2. The largest absolute Gasteiger partial charge is 0.353 e. The van der Waals surface area contributed by atoms with Crippen molar-refractivity contribution in [3.05, 3.63) is 33.4 Å². The van der Waals surface area contributed by atoms with Crippen molar-refractivity contribution < 1.29 is 19.1 Å². The molecule has 3 atom stereocenters. The summed E-state index contributed by atoms with van der Waals surface area (Å²) < 4.78 is 12.9. The highest BCUT2D eigenvalue weighted by Gasteiger charge is 2.50. The maximum Gasteiger partial charge on any atom is 0.322 e. The third-order valence-electron chi connectivity index (χ3n) is 4.19. The summed E-state index contributed by atoms with van der Waals surface area (Å²) in [5.41, 5.74) is -0.329. The first kappa shape index (κ1) is 16.7. The fraction of sp³-hybridized carbons (Fsp3) is 0.500. The van der Waals surface area contributed by atoms with E-state index in [1.807, 2.05) is 24.3 Å². The molecular formula is C16H19IN2O4. The second-order valence-electron chi connectivity index (χ2n) is 5.97. The van der Waals surface area contributed by atoms with Gasteiger partial charge in [0.15, 0.2) is 6.29 Å². The van der Waals surface area contributed by atoms with Crippen molar-refractivity contribution >= 4 is 34.5 Å². The summed E-state index contributed by atoms with van der Waals surface area (Å²) in [4.78, 5) is 23.9. The van der Waals surface area contributed by atoms with Crippen LogP contribution in [0.4, 0.5) is 4.79 Å². The first-order valence-corrected chi connectivity index (χ1v) is 8.73. The monoisotopic (exact) mass is 430 g/mol. The number of hydrogen-bond donors (Lipinski definition) is 2. The van der Waals surface area contributed by atoms with Gasteiger partial charge >= 0.3 is 6.03 Å². The first-order valence-electron chi connectivity index (χ1n) is 7.65. The third kappa shape index (κ3) is 3.51. The summed E-state index contributed by atoms with van der Waals surface area (Å²) in [6.45, 7) is 2.33. The van der Waals surface area contributed by atoms with Crippen LogP contribution in [0.1, 0.15) is 37.9 Å². The number of hydrogen-bond acceptors (Lipinski definition) is 4. The Hall–Kier alpha value is -1.19. The highest BCUT2D eigenvalue weighted by molar-refractivity contribution is 14.1. The maximum absolute atomic E-state index is 12.3. The van der Waals surface area contributed by atoms with Crippen LogP contribution in [-0.2, 0) is 14.3 Å². The van der Waals surface area contributed by atoms with Gasteiger partial charge in [-0.15, -0.1) is 0 Å². The van der Waals surface area contributed by atoms with Gasteiger partial charge < -0.3 is 14.8 Å². The van der Waals surface area contributed by atoms with Crippen molar-refractivity contribution in [2.45, 2.75) is 44.1 Å². The Labute approximate surface area is 148 Å². The van der Waals surface area contributed by atoms with Crippen LogP contribution in [-0.4, -0.2) is 30.4 Å². The van der Waals surface area contributed by atoms with Crippen molar-refractivity contribution in [3.8, 4) is 0 Å². The molecule has 124 valence electrons. The van der Waals surface area contributed by atoms with E-state index >= 15 is 0 Å². The molecule has 1 unspecified atom stereocenters. The average Bonchev–Trinajstić information content (AvgIpc) is 2.80. The SMILES string of the molecule is C[C@@]1([C@@H](OC2CCCCO2)c2ccc(I)cc2)NC(=O)NC1=O. The van der Waals surface area contributed by atoms with Gasteiger partial charge in [0.2, 0.25) is 0 Å². The highest BCUT2D eigenvalue weighted by atomic mass is 127. The predicted molar refractivity (Wildman–Crippen MR) is 91.7 cm³/mol. The Morgan fingerprint density at radius 3 is 2.61 bits per heavy atom. The van der Waals surface area contributed by atoms with Gasteiger partial charge in [-0.3, -0.25) is 10.1 Å². The van der Waals surface area contributed by atoms with Crippen LogP contribution in [0.15, 0.2) is 24.3 Å². The second-order valence-corrected chi connectivity index (χ2v) is 7.22. The normalized spacial score (nSPS) is 29.0. The van der Waals surface area contributed by atoms with E-state index in [0.29, 0.717) is 6.61 Å². The number of benzene rings is 1. The molecule has 7 heteroatoms. The molecule has 2 N–H and O–H groups in total. The molecule has 0 radical (unpaired) electrons. The summed E-state index contributed by atoms with van der Waals surface area (Å²) >= 11 is 2.22. The molecule has 0 saturated carbocycles. The van der Waals surface area contributed by atoms with E-state index in [4.69, 9.17) is 9.47 Å². The Morgan fingerprint density at radius 1 is 1.30 bits per heavy atom. The molecule has 1 aromatic rings. The Bertz CT molecular complexity index is 601. The molecule has 0 aliphatic carbocycles. The van der Waals surface area contributed by atoms with Crippen LogP contribution in [0.25, 0.3) is 0 Å². The standard InChI is InChI=1S/C16H19IN2O4/c1-16(14(20)18-15(21)19-16)13(10-5-7-11(17)8-6-10)23-12-4-2-3-9-22-12/h5-8,12-13H,2-4,9H2,1H3,(H2,18,19,20,21)/t12?,13-,16-/m0/s1. The van der Waals surface area contributed by atoms with Crippen LogP contribution in [0.3, 0.4) is 0 Å². The van der Waals surface area contributed by atoms with Crippen LogP contribution in [0.5, 0.6) is 0 Å². The van der Waals surface area contributed by atoms with Gasteiger partial charge in [0.25, 0.3) is 5.91 Å². The van der Waals surface area contributed by atoms with E-state index in [-0.39, 0.29) is 12.2 Å². The van der Waals surface area contributed by atoms with Crippen molar-refractivity contribution in [1.82, 2.24) is 10.6 Å². The number of ether oxygens (including phenoxy) is 2. The van der Waals surface area contributed by atoms with Crippen molar-refractivity contribution in [2.24, 2.45) is 0 Å². The lowest BCUT2D eigenvalue weighted by Crippen LogP contribution is -2.51. The van der Waals surface area contributed by atoms with Gasteiger partial charge in [0.05, 0.1) is 0 Å². The molecule has 2 aliphatic rings. The molecule has 2 fully saturated rings. The zero-order chi connectivity index (χ0) is 16.4. The topological polar surface area (TPSA) is 76.7 Å². The fourth-order valence-electron chi connectivity index (χ4n) is 2.90. The Morgan fingerprint density at radius 2 is 2.04 bits per heavy atom. The average molecular weight is 430 g/mol. The van der Waals surface area contributed by atoms with Gasteiger partial charge in [0.1, 0.15) is 11.6 Å². The summed E-state index contributed by atoms with van der Waals surface area (Å²) in [6, 6.07) is 7.23. The smallest absolute Gasteiger partial charge is 0.322 e. The number of urea groups is 1. The van der Waals surface area contributed by atoms with Gasteiger partial charge in [-0.25, -0.2) is 4.79 Å². The van der Waals surface area contributed by atoms with E-state index in [1.54, 1.807) is 6.92 Å². The molecule has 23 heavy (non-hydrogen) atoms. The molecule has 2 aliphatic heterocycles. The molecule has 2 saturated heterocycles. The summed E-state index contributed by atoms with van der Waals surface area (Å²) in [6.07, 6.45) is 1.85. The lowest BCUT2D eigenvalue weighted by atomic mass is 9.89. The minimum absolute atomic E-state index is 0.366. The molecule has 0 spiro atoms. The molecule has 0 aromatic heterocycles. The number of carbonyl (C=O) groups is 2. The number of rotatable bonds is 4. The van der Waals surface area contributed by atoms with Crippen LogP contribution in [0, 0.1) is 3.57 Å². The molecule has 0 bridgehead atoms. The third-order valence-corrected chi connectivity index (χ3v) is 4.91. The van der Waals surface area contributed by atoms with E-state index in [9.17, 15) is 9.59 Å². The van der Waals surface area contributed by atoms with Crippen molar-refractivity contribution in [3.63, 3.8) is 0 Å². The molecule has 3 rings (SSSR count). The van der Waals surface area contributed by atoms with E-state index in [0.717, 1.165) is 28.4 Å². The molecule has 2 heterocycles. The van der Waals surface area contributed by atoms with Gasteiger partial charge in [-0.1, -0.05) is 12.1 Å². The first-order chi connectivity index (χ1) is 11.0. The minimum atomic E-state index is -1.16. The lowest BCUT2D eigenvalue weighted by molar-refractivity contribution is -0.203. The predicted octanol–water partition coefficient (Wildman–Crippen LogP) is 2.47. The lowest BCUT2D eigenvalue weighted by Gasteiger charge is -2.35. The second kappa shape index (κ2) is 6.74. The Balaban J connectivity index is 1.90. The zero-order valence-corrected chi connectivity index (χ0v) is 15.0. The maximum atomic E-state index is 12.3. The highest BCUT2D eigenvalue weighted by Crippen LogP contribution is 2.35. The molecule has 6 nitrogen and oxygen atoms in total. The Kier molecular flexibility index (Phi) is 4.88. The van der Waals surface area contributed by atoms with Crippen molar-refractivity contribution in [1.29, 1.82) is 0 Å². The van der Waals surface area contributed by atoms with Crippen LogP contribution >= 0.6 is 22.6 Å². The number of amides is 3. The number of imide groups is 1. The van der Waals surface area contributed by atoms with Crippen molar-refractivity contribution in [2.75, 3.05) is 6.61 Å². The van der Waals surface area contributed by atoms with Gasteiger partial charge in [-0.2, -0.15) is 0 Å². The summed E-state index contributed by atoms with van der Waals surface area (Å²) in [5, 5.41) is 5.00. The zero-order valence-electron chi connectivity index (χ0n) is 12.8. The minimum Gasteiger partial charge on any atom is -0.353 e. The number of nitrogens with one attached hydrogen (secondary N) is 2. The molecule has 3 amide bonds. The van der Waals surface area contributed by atoms with Crippen LogP contribution in [0.2, 0.25) is 0 Å². The number of halogens is 1. The van der Waals surface area contributed by atoms with E-state index < -0.39 is 17.7 Å². The van der Waals surface area contributed by atoms with E-state index in [1.165, 1.54) is 0 Å². The molecular weight excluding hydrogens is 411 g/mol. The summed E-state index contributed by atoms with van der Waals surface area (Å²) in [7, 11) is 0. The van der Waals surface area contributed by atoms with Gasteiger partial charge in [0, 0.05) is 10.2 Å². The van der Waals surface area contributed by atoms with Gasteiger partial charge in [-0.05, 0) is 66.5 Å². The quantitative estimate of drug-likeness (QED) is 0.569. The summed E-state index contributed by atoms with van der Waals surface area (Å²) in [5.74, 6) is -0.387. The van der Waals surface area contributed by atoms with Crippen LogP contribution < -0.4 is 10.6 Å².